The molecule has 17 heavy (non-hydrogen) atoms. The maximum atomic E-state index is 13.8. The lowest BCUT2D eigenvalue weighted by atomic mass is 10.1. The first-order valence-electron chi connectivity index (χ1n) is 6.25. The molecule has 1 aromatic rings. The Morgan fingerprint density at radius 2 is 2.24 bits per heavy atom. The molecule has 0 heterocycles. The molecule has 1 fully saturated rings. The Balaban J connectivity index is 1.88. The van der Waals surface area contributed by atoms with E-state index in [-0.39, 0.29) is 5.82 Å². The van der Waals surface area contributed by atoms with Gasteiger partial charge in [0, 0.05) is 18.2 Å². The minimum absolute atomic E-state index is 0.249. The smallest absolute Gasteiger partial charge is 0.169 e. The van der Waals surface area contributed by atoms with Crippen LogP contribution in [-0.4, -0.2) is 13.2 Å². The van der Waals surface area contributed by atoms with Gasteiger partial charge in [-0.2, -0.15) is 0 Å². The van der Waals surface area contributed by atoms with Crippen molar-refractivity contribution >= 4 is 0 Å². The van der Waals surface area contributed by atoms with Crippen LogP contribution in [-0.2, 0) is 6.54 Å². The van der Waals surface area contributed by atoms with Gasteiger partial charge in [0.15, 0.2) is 11.6 Å². The summed E-state index contributed by atoms with van der Waals surface area (Å²) in [5.74, 6) is 0.966. The second-order valence-corrected chi connectivity index (χ2v) is 4.89. The molecule has 0 saturated heterocycles. The van der Waals surface area contributed by atoms with Gasteiger partial charge in [0.05, 0.1) is 7.11 Å². The number of ether oxygens (including phenoxy) is 1. The van der Waals surface area contributed by atoms with E-state index in [1.54, 1.807) is 12.1 Å². The summed E-state index contributed by atoms with van der Waals surface area (Å²) < 4.78 is 18.8. The summed E-state index contributed by atoms with van der Waals surface area (Å²) in [6.07, 6.45) is 3.92. The van der Waals surface area contributed by atoms with Gasteiger partial charge in [0.2, 0.25) is 0 Å². The van der Waals surface area contributed by atoms with Gasteiger partial charge in [-0.3, -0.25) is 0 Å². The quantitative estimate of drug-likeness (QED) is 0.820. The standard InChI is InChI=1S/C14H20FNO/c1-10(8-11-6-7-11)16-9-12-4-3-5-13(17-2)14(12)15/h3-5,10-11,16H,6-9H2,1-2H3. The first kappa shape index (κ1) is 12.4. The number of halogens is 1. The summed E-state index contributed by atoms with van der Waals surface area (Å²) in [5.41, 5.74) is 0.673. The van der Waals surface area contributed by atoms with Gasteiger partial charge in [0.1, 0.15) is 0 Å². The fourth-order valence-corrected chi connectivity index (χ4v) is 2.07. The molecule has 1 atom stereocenters. The summed E-state index contributed by atoms with van der Waals surface area (Å²) in [5, 5.41) is 3.37. The molecule has 2 rings (SSSR count). The van der Waals surface area contributed by atoms with Crippen LogP contribution < -0.4 is 10.1 Å². The summed E-state index contributed by atoms with van der Waals surface area (Å²) in [4.78, 5) is 0. The summed E-state index contributed by atoms with van der Waals surface area (Å²) >= 11 is 0. The minimum Gasteiger partial charge on any atom is -0.494 e. The van der Waals surface area contributed by atoms with E-state index in [1.807, 2.05) is 6.07 Å². The molecule has 94 valence electrons. The topological polar surface area (TPSA) is 21.3 Å². The van der Waals surface area contributed by atoms with Crippen molar-refractivity contribution in [2.24, 2.45) is 5.92 Å². The zero-order chi connectivity index (χ0) is 12.3. The van der Waals surface area contributed by atoms with Crippen molar-refractivity contribution in [3.8, 4) is 5.75 Å². The van der Waals surface area contributed by atoms with Crippen LogP contribution in [0.3, 0.4) is 0 Å². The molecule has 0 bridgehead atoms. The molecule has 1 saturated carbocycles. The normalized spacial score (nSPS) is 16.9. The molecule has 1 unspecified atom stereocenters. The van der Waals surface area contributed by atoms with E-state index in [2.05, 4.69) is 12.2 Å². The first-order chi connectivity index (χ1) is 8.20. The SMILES string of the molecule is COc1cccc(CNC(C)CC2CC2)c1F. The fourth-order valence-electron chi connectivity index (χ4n) is 2.07. The van der Waals surface area contributed by atoms with E-state index in [9.17, 15) is 4.39 Å². The highest BCUT2D eigenvalue weighted by atomic mass is 19.1. The van der Waals surface area contributed by atoms with E-state index in [0.717, 1.165) is 5.92 Å². The maximum Gasteiger partial charge on any atom is 0.169 e. The monoisotopic (exact) mass is 237 g/mol. The number of nitrogens with one attached hydrogen (secondary N) is 1. The third kappa shape index (κ3) is 3.43. The largest absolute Gasteiger partial charge is 0.494 e. The molecule has 2 nitrogen and oxygen atoms in total. The predicted octanol–water partition coefficient (Wildman–Crippen LogP) is 3.11. The lowest BCUT2D eigenvalue weighted by molar-refractivity contribution is 0.382. The molecule has 1 aliphatic carbocycles. The second-order valence-electron chi connectivity index (χ2n) is 4.89. The number of rotatable bonds is 6. The van der Waals surface area contributed by atoms with Crippen molar-refractivity contribution < 1.29 is 9.13 Å². The highest BCUT2D eigenvalue weighted by Crippen LogP contribution is 2.33. The van der Waals surface area contributed by atoms with Gasteiger partial charge in [-0.1, -0.05) is 25.0 Å². The van der Waals surface area contributed by atoms with Crippen molar-refractivity contribution in [1.82, 2.24) is 5.32 Å². The predicted molar refractivity (Wildman–Crippen MR) is 66.6 cm³/mol. The van der Waals surface area contributed by atoms with E-state index in [0.29, 0.717) is 23.9 Å². The van der Waals surface area contributed by atoms with Crippen LogP contribution in [0.5, 0.6) is 5.75 Å². The zero-order valence-electron chi connectivity index (χ0n) is 10.5. The molecule has 3 heteroatoms. The molecule has 0 amide bonds. The third-order valence-electron chi connectivity index (χ3n) is 3.29. The van der Waals surface area contributed by atoms with Crippen molar-refractivity contribution in [2.75, 3.05) is 7.11 Å². The van der Waals surface area contributed by atoms with Crippen molar-refractivity contribution in [1.29, 1.82) is 0 Å². The number of hydrogen-bond donors (Lipinski definition) is 1. The van der Waals surface area contributed by atoms with Crippen LogP contribution in [0.1, 0.15) is 31.7 Å². The van der Waals surface area contributed by atoms with Crippen LogP contribution in [0.15, 0.2) is 18.2 Å². The van der Waals surface area contributed by atoms with Crippen LogP contribution >= 0.6 is 0 Å². The molecular formula is C14H20FNO. The van der Waals surface area contributed by atoms with E-state index in [1.165, 1.54) is 26.4 Å². The van der Waals surface area contributed by atoms with Crippen LogP contribution in [0.2, 0.25) is 0 Å². The first-order valence-corrected chi connectivity index (χ1v) is 6.25. The number of methoxy groups -OCH3 is 1. The van der Waals surface area contributed by atoms with E-state index < -0.39 is 0 Å². The molecule has 0 aromatic heterocycles. The van der Waals surface area contributed by atoms with Crippen molar-refractivity contribution in [2.45, 2.75) is 38.8 Å². The number of hydrogen-bond acceptors (Lipinski definition) is 2. The maximum absolute atomic E-state index is 13.8. The van der Waals surface area contributed by atoms with Crippen LogP contribution in [0.25, 0.3) is 0 Å². The number of benzene rings is 1. The summed E-state index contributed by atoms with van der Waals surface area (Å²) in [6.45, 7) is 2.73. The van der Waals surface area contributed by atoms with Gasteiger partial charge in [-0.05, 0) is 25.3 Å². The lowest BCUT2D eigenvalue weighted by Gasteiger charge is -2.14. The van der Waals surface area contributed by atoms with Crippen molar-refractivity contribution in [3.05, 3.63) is 29.6 Å². The molecular weight excluding hydrogens is 217 g/mol. The molecule has 1 N–H and O–H groups in total. The summed E-state index contributed by atoms with van der Waals surface area (Å²) in [6, 6.07) is 5.72. The average Bonchev–Trinajstić information content (AvgIpc) is 3.11. The molecule has 0 spiro atoms. The highest BCUT2D eigenvalue weighted by molar-refractivity contribution is 5.30. The van der Waals surface area contributed by atoms with Gasteiger partial charge in [-0.25, -0.2) is 4.39 Å². The van der Waals surface area contributed by atoms with Gasteiger partial charge in [-0.15, -0.1) is 0 Å². The van der Waals surface area contributed by atoms with Gasteiger partial charge < -0.3 is 10.1 Å². The Kier molecular flexibility index (Phi) is 4.00. The Morgan fingerprint density at radius 1 is 1.47 bits per heavy atom. The van der Waals surface area contributed by atoms with E-state index in [4.69, 9.17) is 4.74 Å². The van der Waals surface area contributed by atoms with Gasteiger partial charge in [0.25, 0.3) is 0 Å². The van der Waals surface area contributed by atoms with E-state index >= 15 is 0 Å². The van der Waals surface area contributed by atoms with Crippen LogP contribution in [0.4, 0.5) is 4.39 Å². The van der Waals surface area contributed by atoms with Crippen LogP contribution in [0, 0.1) is 11.7 Å². The highest BCUT2D eigenvalue weighted by Gasteiger charge is 2.23. The Bertz CT molecular complexity index is 376. The fraction of sp³-hybridized carbons (Fsp3) is 0.571. The molecule has 0 aliphatic heterocycles. The minimum atomic E-state index is -0.249. The second kappa shape index (κ2) is 5.50. The molecule has 0 radical (unpaired) electrons. The Hall–Kier alpha value is -1.09. The lowest BCUT2D eigenvalue weighted by Crippen LogP contribution is -2.26. The molecule has 1 aliphatic rings. The Morgan fingerprint density at radius 3 is 2.88 bits per heavy atom. The molecule has 1 aromatic carbocycles. The Labute approximate surface area is 102 Å². The third-order valence-corrected chi connectivity index (χ3v) is 3.29. The zero-order valence-corrected chi connectivity index (χ0v) is 10.5. The van der Waals surface area contributed by atoms with Gasteiger partial charge >= 0.3 is 0 Å². The van der Waals surface area contributed by atoms with Crippen molar-refractivity contribution in [3.63, 3.8) is 0 Å². The average molecular weight is 237 g/mol. The summed E-state index contributed by atoms with van der Waals surface area (Å²) in [7, 11) is 1.49.